The minimum Gasteiger partial charge on any atom is -0.320 e. The van der Waals surface area contributed by atoms with Crippen molar-refractivity contribution < 1.29 is 4.79 Å². The normalized spacial score (nSPS) is 10.8. The number of benzene rings is 1. The first kappa shape index (κ1) is 13.3. The zero-order chi connectivity index (χ0) is 14.8. The molecule has 5 nitrogen and oxygen atoms in total. The van der Waals surface area contributed by atoms with E-state index >= 15 is 0 Å². The lowest BCUT2D eigenvalue weighted by Crippen LogP contribution is -2.18. The Balaban J connectivity index is 1.99. The summed E-state index contributed by atoms with van der Waals surface area (Å²) < 4.78 is 1.54. The molecule has 0 spiro atoms. The van der Waals surface area contributed by atoms with Gasteiger partial charge in [-0.3, -0.25) is 4.79 Å². The monoisotopic (exact) mass is 280 g/mol. The third kappa shape index (κ3) is 2.38. The second-order valence-corrected chi connectivity index (χ2v) is 4.85. The van der Waals surface area contributed by atoms with Crippen LogP contribution in [0.15, 0.2) is 42.7 Å². The maximum atomic E-state index is 12.5. The third-order valence-electron chi connectivity index (χ3n) is 3.50. The highest BCUT2D eigenvalue weighted by Crippen LogP contribution is 2.21. The van der Waals surface area contributed by atoms with Crippen LogP contribution < -0.4 is 5.32 Å². The highest BCUT2D eigenvalue weighted by molar-refractivity contribution is 6.04. The van der Waals surface area contributed by atoms with Gasteiger partial charge < -0.3 is 5.32 Å². The minimum atomic E-state index is -0.185. The van der Waals surface area contributed by atoms with Crippen molar-refractivity contribution in [2.45, 2.75) is 20.3 Å². The first-order chi connectivity index (χ1) is 10.2. The van der Waals surface area contributed by atoms with Gasteiger partial charge in [0.25, 0.3) is 5.91 Å². The van der Waals surface area contributed by atoms with Crippen molar-refractivity contribution in [2.24, 2.45) is 0 Å². The Bertz CT molecular complexity index is 807. The van der Waals surface area contributed by atoms with Gasteiger partial charge in [0.1, 0.15) is 5.69 Å². The molecule has 106 valence electrons. The van der Waals surface area contributed by atoms with Crippen LogP contribution in [-0.2, 0) is 6.42 Å². The predicted octanol–water partition coefficient (Wildman–Crippen LogP) is 2.85. The number of nitrogens with one attached hydrogen (secondary N) is 1. The Kier molecular flexibility index (Phi) is 3.39. The molecule has 0 radical (unpaired) electrons. The van der Waals surface area contributed by atoms with Crippen LogP contribution in [0.2, 0.25) is 0 Å². The van der Waals surface area contributed by atoms with Crippen LogP contribution in [0.25, 0.3) is 5.65 Å². The number of amides is 1. The molecule has 3 aromatic rings. The maximum Gasteiger partial charge on any atom is 0.274 e. The number of fused-ring (bicyclic) bond motifs is 1. The number of carbonyl (C=O) groups is 1. The number of carbonyl (C=O) groups excluding carboxylic acids is 1. The van der Waals surface area contributed by atoms with Crippen LogP contribution in [0.5, 0.6) is 0 Å². The molecule has 0 unspecified atom stereocenters. The van der Waals surface area contributed by atoms with E-state index in [-0.39, 0.29) is 5.91 Å². The number of aryl methyl sites for hydroxylation is 2. The van der Waals surface area contributed by atoms with E-state index in [0.717, 1.165) is 23.2 Å². The average Bonchev–Trinajstić information content (AvgIpc) is 2.97. The Morgan fingerprint density at radius 1 is 1.24 bits per heavy atom. The molecule has 0 aliphatic heterocycles. The molecule has 1 amide bonds. The molecule has 0 saturated carbocycles. The highest BCUT2D eigenvalue weighted by Gasteiger charge is 2.14. The van der Waals surface area contributed by atoms with Crippen LogP contribution in [0.1, 0.15) is 28.5 Å². The molecule has 0 fully saturated rings. The molecule has 1 N–H and O–H groups in total. The average molecular weight is 280 g/mol. The van der Waals surface area contributed by atoms with Gasteiger partial charge in [0.15, 0.2) is 5.65 Å². The molecule has 0 aliphatic rings. The molecular weight excluding hydrogens is 264 g/mol. The highest BCUT2D eigenvalue weighted by atomic mass is 16.2. The Morgan fingerprint density at radius 2 is 2.10 bits per heavy atom. The number of hydrogen-bond acceptors (Lipinski definition) is 3. The summed E-state index contributed by atoms with van der Waals surface area (Å²) in [4.78, 5) is 16.7. The molecule has 0 atom stereocenters. The fourth-order valence-corrected chi connectivity index (χ4v) is 2.39. The largest absolute Gasteiger partial charge is 0.320 e. The van der Waals surface area contributed by atoms with Crippen molar-refractivity contribution >= 4 is 17.2 Å². The SMILES string of the molecule is CCc1cccc(C)c1NC(=O)c1ccnc2ccnn12. The second-order valence-electron chi connectivity index (χ2n) is 4.85. The molecule has 21 heavy (non-hydrogen) atoms. The van der Waals surface area contributed by atoms with Crippen molar-refractivity contribution in [2.75, 3.05) is 5.32 Å². The summed E-state index contributed by atoms with van der Waals surface area (Å²) in [7, 11) is 0. The number of para-hydroxylation sites is 1. The molecule has 0 saturated heterocycles. The van der Waals surface area contributed by atoms with Gasteiger partial charge in [-0.1, -0.05) is 25.1 Å². The van der Waals surface area contributed by atoms with Crippen LogP contribution in [-0.4, -0.2) is 20.5 Å². The van der Waals surface area contributed by atoms with Crippen molar-refractivity contribution in [3.8, 4) is 0 Å². The summed E-state index contributed by atoms with van der Waals surface area (Å²) in [5.41, 5.74) is 4.17. The van der Waals surface area contributed by atoms with Crippen LogP contribution in [0.4, 0.5) is 5.69 Å². The lowest BCUT2D eigenvalue weighted by atomic mass is 10.1. The Labute approximate surface area is 122 Å². The van der Waals surface area contributed by atoms with E-state index in [1.54, 1.807) is 29.0 Å². The van der Waals surface area contributed by atoms with Crippen LogP contribution >= 0.6 is 0 Å². The van der Waals surface area contributed by atoms with Gasteiger partial charge >= 0.3 is 0 Å². The van der Waals surface area contributed by atoms with Gasteiger partial charge in [0.05, 0.1) is 6.20 Å². The van der Waals surface area contributed by atoms with Crippen molar-refractivity contribution in [3.63, 3.8) is 0 Å². The second kappa shape index (κ2) is 5.36. The maximum absolute atomic E-state index is 12.5. The number of aromatic nitrogens is 3. The standard InChI is InChI=1S/C16H16N4O/c1-3-12-6-4-5-11(2)15(12)19-16(21)13-7-9-17-14-8-10-18-20(13)14/h4-10H,3H2,1-2H3,(H,19,21). The summed E-state index contributed by atoms with van der Waals surface area (Å²) in [6, 6.07) is 9.45. The van der Waals surface area contributed by atoms with E-state index in [2.05, 4.69) is 22.3 Å². The molecule has 2 heterocycles. The van der Waals surface area contributed by atoms with Gasteiger partial charge in [-0.05, 0) is 30.5 Å². The number of anilines is 1. The quantitative estimate of drug-likeness (QED) is 0.802. The van der Waals surface area contributed by atoms with E-state index in [1.165, 1.54) is 0 Å². The lowest BCUT2D eigenvalue weighted by Gasteiger charge is -2.13. The Hall–Kier alpha value is -2.69. The van der Waals surface area contributed by atoms with Crippen LogP contribution in [0.3, 0.4) is 0 Å². The van der Waals surface area contributed by atoms with E-state index in [0.29, 0.717) is 11.3 Å². The lowest BCUT2D eigenvalue weighted by molar-refractivity contribution is 0.101. The van der Waals surface area contributed by atoms with E-state index in [4.69, 9.17) is 0 Å². The van der Waals surface area contributed by atoms with Gasteiger partial charge in [-0.15, -0.1) is 0 Å². The fourth-order valence-electron chi connectivity index (χ4n) is 2.39. The predicted molar refractivity (Wildman–Crippen MR) is 81.5 cm³/mol. The minimum absolute atomic E-state index is 0.185. The molecule has 2 aromatic heterocycles. The summed E-state index contributed by atoms with van der Waals surface area (Å²) in [6.07, 6.45) is 4.11. The first-order valence-corrected chi connectivity index (χ1v) is 6.89. The van der Waals surface area contributed by atoms with E-state index in [1.807, 2.05) is 25.1 Å². The molecule has 5 heteroatoms. The van der Waals surface area contributed by atoms with Crippen molar-refractivity contribution in [3.05, 3.63) is 59.5 Å². The zero-order valence-electron chi connectivity index (χ0n) is 12.0. The first-order valence-electron chi connectivity index (χ1n) is 6.89. The Morgan fingerprint density at radius 3 is 2.90 bits per heavy atom. The smallest absolute Gasteiger partial charge is 0.274 e. The third-order valence-corrected chi connectivity index (χ3v) is 3.50. The van der Waals surface area contributed by atoms with Gasteiger partial charge in [0, 0.05) is 18.0 Å². The number of hydrogen-bond donors (Lipinski definition) is 1. The van der Waals surface area contributed by atoms with Crippen molar-refractivity contribution in [1.82, 2.24) is 14.6 Å². The molecule has 0 bridgehead atoms. The number of nitrogens with zero attached hydrogens (tertiary/aromatic N) is 3. The topological polar surface area (TPSA) is 59.3 Å². The summed E-state index contributed by atoms with van der Waals surface area (Å²) >= 11 is 0. The van der Waals surface area contributed by atoms with Crippen LogP contribution in [0, 0.1) is 6.92 Å². The van der Waals surface area contributed by atoms with Gasteiger partial charge in [-0.2, -0.15) is 5.10 Å². The summed E-state index contributed by atoms with van der Waals surface area (Å²) in [5, 5.41) is 7.14. The molecular formula is C16H16N4O. The fraction of sp³-hybridized carbons (Fsp3) is 0.188. The van der Waals surface area contributed by atoms with Gasteiger partial charge in [0.2, 0.25) is 0 Å². The molecule has 0 aliphatic carbocycles. The van der Waals surface area contributed by atoms with E-state index in [9.17, 15) is 4.79 Å². The molecule has 1 aromatic carbocycles. The molecule has 3 rings (SSSR count). The number of rotatable bonds is 3. The van der Waals surface area contributed by atoms with Gasteiger partial charge in [-0.25, -0.2) is 9.50 Å². The summed E-state index contributed by atoms with van der Waals surface area (Å²) in [6.45, 7) is 4.06. The van der Waals surface area contributed by atoms with Crippen molar-refractivity contribution in [1.29, 1.82) is 0 Å². The van der Waals surface area contributed by atoms with E-state index < -0.39 is 0 Å². The summed E-state index contributed by atoms with van der Waals surface area (Å²) in [5.74, 6) is -0.185. The zero-order valence-corrected chi connectivity index (χ0v) is 12.0.